The van der Waals surface area contributed by atoms with E-state index in [2.05, 4.69) is 5.32 Å². The second-order valence-corrected chi connectivity index (χ2v) is 7.02. The van der Waals surface area contributed by atoms with Crippen molar-refractivity contribution in [3.8, 4) is 0 Å². The summed E-state index contributed by atoms with van der Waals surface area (Å²) >= 11 is 0. The van der Waals surface area contributed by atoms with E-state index in [1.165, 1.54) is 6.08 Å². The van der Waals surface area contributed by atoms with Gasteiger partial charge in [-0.05, 0) is 47.9 Å². The van der Waals surface area contributed by atoms with Crippen LogP contribution in [-0.2, 0) is 22.6 Å². The third-order valence-corrected chi connectivity index (χ3v) is 5.06. The van der Waals surface area contributed by atoms with Gasteiger partial charge in [-0.15, -0.1) is 0 Å². The van der Waals surface area contributed by atoms with Gasteiger partial charge in [0.05, 0.1) is 5.69 Å². The van der Waals surface area contributed by atoms with Crippen molar-refractivity contribution in [2.24, 2.45) is 0 Å². The number of nitrogens with one attached hydrogen (secondary N) is 1. The normalized spacial score (nSPS) is 15.6. The number of imide groups is 2. The van der Waals surface area contributed by atoms with Gasteiger partial charge in [-0.1, -0.05) is 49.4 Å². The first-order valence-corrected chi connectivity index (χ1v) is 9.76. The van der Waals surface area contributed by atoms with E-state index in [1.54, 1.807) is 12.1 Å². The van der Waals surface area contributed by atoms with E-state index in [-0.39, 0.29) is 5.57 Å². The summed E-state index contributed by atoms with van der Waals surface area (Å²) in [6, 6.07) is 20.0. The largest absolute Gasteiger partial charge is 0.344 e. The van der Waals surface area contributed by atoms with E-state index in [0.717, 1.165) is 22.4 Å². The molecule has 0 saturated carbocycles. The smallest absolute Gasteiger partial charge is 0.335 e. The fourth-order valence-electron chi connectivity index (χ4n) is 3.40. The molecular weight excluding hydrogens is 378 g/mol. The average Bonchev–Trinajstić information content (AvgIpc) is 3.19. The maximum Gasteiger partial charge on any atom is 0.335 e. The number of anilines is 1. The molecule has 0 radical (unpaired) electrons. The lowest BCUT2D eigenvalue weighted by molar-refractivity contribution is -0.122. The van der Waals surface area contributed by atoms with Crippen molar-refractivity contribution in [2.75, 3.05) is 4.90 Å². The second-order valence-electron chi connectivity index (χ2n) is 7.02. The number of aromatic nitrogens is 1. The van der Waals surface area contributed by atoms with Crippen molar-refractivity contribution in [2.45, 2.75) is 19.9 Å². The van der Waals surface area contributed by atoms with E-state index in [9.17, 15) is 14.4 Å². The molecular formula is C24H21N3O3. The fourth-order valence-corrected chi connectivity index (χ4v) is 3.40. The minimum atomic E-state index is -0.744. The predicted octanol–water partition coefficient (Wildman–Crippen LogP) is 3.77. The maximum absolute atomic E-state index is 13.1. The molecule has 4 amide bonds. The molecule has 3 aromatic rings. The summed E-state index contributed by atoms with van der Waals surface area (Å²) in [6.45, 7) is 2.63. The monoisotopic (exact) mass is 399 g/mol. The number of amides is 4. The highest BCUT2D eigenvalue weighted by atomic mass is 16.2. The first-order valence-electron chi connectivity index (χ1n) is 9.76. The van der Waals surface area contributed by atoms with Gasteiger partial charge in [-0.25, -0.2) is 9.69 Å². The molecule has 1 aliphatic heterocycles. The van der Waals surface area contributed by atoms with Crippen molar-refractivity contribution >= 4 is 29.6 Å². The number of hydrogen-bond donors (Lipinski definition) is 1. The number of nitrogens with zero attached hydrogens (tertiary/aromatic N) is 2. The Labute approximate surface area is 174 Å². The lowest BCUT2D eigenvalue weighted by atomic mass is 10.1. The van der Waals surface area contributed by atoms with Crippen LogP contribution >= 0.6 is 0 Å². The summed E-state index contributed by atoms with van der Waals surface area (Å²) in [5.41, 5.74) is 3.23. The third kappa shape index (κ3) is 3.80. The van der Waals surface area contributed by atoms with Gasteiger partial charge in [0.2, 0.25) is 0 Å². The Morgan fingerprint density at radius 2 is 1.60 bits per heavy atom. The molecule has 0 unspecified atom stereocenters. The quantitative estimate of drug-likeness (QED) is 0.524. The summed E-state index contributed by atoms with van der Waals surface area (Å²) in [5, 5.41) is 2.27. The molecule has 1 saturated heterocycles. The molecule has 1 fully saturated rings. The number of aryl methyl sites for hydroxylation is 1. The van der Waals surface area contributed by atoms with Crippen LogP contribution in [0.5, 0.6) is 0 Å². The minimum Gasteiger partial charge on any atom is -0.344 e. The molecule has 1 aromatic heterocycles. The molecule has 2 aromatic carbocycles. The molecule has 4 rings (SSSR count). The first kappa shape index (κ1) is 19.4. The van der Waals surface area contributed by atoms with Gasteiger partial charge in [-0.3, -0.25) is 14.9 Å². The Kier molecular flexibility index (Phi) is 5.30. The van der Waals surface area contributed by atoms with Crippen LogP contribution in [0.2, 0.25) is 0 Å². The molecule has 6 nitrogen and oxygen atoms in total. The Bertz CT molecular complexity index is 1130. The minimum absolute atomic E-state index is 0.0813. The number of hydrogen-bond acceptors (Lipinski definition) is 3. The summed E-state index contributed by atoms with van der Waals surface area (Å²) in [7, 11) is 0. The number of benzene rings is 2. The number of barbiturate groups is 1. The molecule has 6 heteroatoms. The van der Waals surface area contributed by atoms with Crippen molar-refractivity contribution in [3.05, 3.63) is 95.3 Å². The Hall–Kier alpha value is -3.93. The standard InChI is InChI=1S/C24H21N3O3/c1-2-17-10-12-19(13-11-17)27-23(29)21(22(28)25-24(27)30)15-20-9-6-14-26(20)16-18-7-4-3-5-8-18/h3-15H,2,16H2,1H3,(H,25,28,30). The molecule has 0 atom stereocenters. The Morgan fingerprint density at radius 3 is 2.30 bits per heavy atom. The zero-order chi connectivity index (χ0) is 21.1. The van der Waals surface area contributed by atoms with Gasteiger partial charge in [0.1, 0.15) is 5.57 Å². The summed E-state index contributed by atoms with van der Waals surface area (Å²) in [4.78, 5) is 38.9. The predicted molar refractivity (Wildman–Crippen MR) is 115 cm³/mol. The van der Waals surface area contributed by atoms with E-state index in [0.29, 0.717) is 17.9 Å². The molecule has 0 spiro atoms. The van der Waals surface area contributed by atoms with Crippen LogP contribution in [0.25, 0.3) is 6.08 Å². The molecule has 1 aliphatic rings. The number of carbonyl (C=O) groups is 3. The van der Waals surface area contributed by atoms with Crippen LogP contribution in [0, 0.1) is 0 Å². The van der Waals surface area contributed by atoms with Gasteiger partial charge < -0.3 is 4.57 Å². The van der Waals surface area contributed by atoms with Gasteiger partial charge in [0.25, 0.3) is 11.8 Å². The van der Waals surface area contributed by atoms with Gasteiger partial charge in [-0.2, -0.15) is 0 Å². The highest BCUT2D eigenvalue weighted by Crippen LogP contribution is 2.23. The fraction of sp³-hybridized carbons (Fsp3) is 0.125. The molecule has 1 N–H and O–H groups in total. The molecule has 150 valence electrons. The van der Waals surface area contributed by atoms with Crippen molar-refractivity contribution in [1.29, 1.82) is 0 Å². The van der Waals surface area contributed by atoms with E-state index in [4.69, 9.17) is 0 Å². The van der Waals surface area contributed by atoms with Crippen LogP contribution in [0.15, 0.2) is 78.5 Å². The van der Waals surface area contributed by atoms with Crippen molar-refractivity contribution < 1.29 is 14.4 Å². The lowest BCUT2D eigenvalue weighted by Crippen LogP contribution is -2.54. The van der Waals surface area contributed by atoms with Gasteiger partial charge in [0, 0.05) is 18.4 Å². The van der Waals surface area contributed by atoms with Crippen LogP contribution < -0.4 is 10.2 Å². The van der Waals surface area contributed by atoms with E-state index >= 15 is 0 Å². The van der Waals surface area contributed by atoms with Crippen LogP contribution in [-0.4, -0.2) is 22.4 Å². The maximum atomic E-state index is 13.1. The highest BCUT2D eigenvalue weighted by Gasteiger charge is 2.36. The average molecular weight is 399 g/mol. The summed E-state index contributed by atoms with van der Waals surface area (Å²) in [5.74, 6) is -1.33. The topological polar surface area (TPSA) is 71.4 Å². The molecule has 0 bridgehead atoms. The Balaban J connectivity index is 1.66. The third-order valence-electron chi connectivity index (χ3n) is 5.06. The van der Waals surface area contributed by atoms with Crippen LogP contribution in [0.1, 0.15) is 23.7 Å². The molecule has 2 heterocycles. The summed E-state index contributed by atoms with van der Waals surface area (Å²) in [6.07, 6.45) is 4.26. The van der Waals surface area contributed by atoms with E-state index in [1.807, 2.05) is 72.3 Å². The SMILES string of the molecule is CCc1ccc(N2C(=O)NC(=O)C(=Cc3cccn3Cc3ccccc3)C2=O)cc1. The molecule has 30 heavy (non-hydrogen) atoms. The van der Waals surface area contributed by atoms with Crippen LogP contribution in [0.4, 0.5) is 10.5 Å². The first-order chi connectivity index (χ1) is 14.6. The zero-order valence-electron chi connectivity index (χ0n) is 16.5. The van der Waals surface area contributed by atoms with Gasteiger partial charge >= 0.3 is 6.03 Å². The lowest BCUT2D eigenvalue weighted by Gasteiger charge is -2.26. The van der Waals surface area contributed by atoms with Crippen LogP contribution in [0.3, 0.4) is 0 Å². The van der Waals surface area contributed by atoms with E-state index < -0.39 is 17.8 Å². The Morgan fingerprint density at radius 1 is 0.867 bits per heavy atom. The zero-order valence-corrected chi connectivity index (χ0v) is 16.5. The number of carbonyl (C=O) groups excluding carboxylic acids is 3. The number of rotatable bonds is 5. The van der Waals surface area contributed by atoms with Crippen molar-refractivity contribution in [3.63, 3.8) is 0 Å². The highest BCUT2D eigenvalue weighted by molar-refractivity contribution is 6.39. The summed E-state index contributed by atoms with van der Waals surface area (Å²) < 4.78 is 1.94. The number of urea groups is 1. The van der Waals surface area contributed by atoms with Crippen molar-refractivity contribution in [1.82, 2.24) is 9.88 Å². The van der Waals surface area contributed by atoms with Gasteiger partial charge in [0.15, 0.2) is 0 Å². The second kappa shape index (κ2) is 8.21. The molecule has 0 aliphatic carbocycles.